The van der Waals surface area contributed by atoms with Gasteiger partial charge in [-0.25, -0.2) is 4.39 Å². The van der Waals surface area contributed by atoms with Gasteiger partial charge in [-0.05, 0) is 34.1 Å². The molecule has 0 atom stereocenters. The van der Waals surface area contributed by atoms with E-state index in [-0.39, 0.29) is 10.6 Å². The fraction of sp³-hybridized carbons (Fsp3) is 0. The van der Waals surface area contributed by atoms with E-state index in [9.17, 15) is 9.18 Å². The molecule has 0 aliphatic carbocycles. The number of benzene rings is 1. The van der Waals surface area contributed by atoms with Crippen molar-refractivity contribution in [3.05, 3.63) is 57.5 Å². The summed E-state index contributed by atoms with van der Waals surface area (Å²) in [7, 11) is 0. The summed E-state index contributed by atoms with van der Waals surface area (Å²) in [5.74, 6) is -1.27. The molecular weight excluding hydrogens is 322 g/mol. The SMILES string of the molecule is O=C(Nc1ccncc1Br)c1c(F)cccc1Cl. The molecule has 2 aromatic rings. The molecule has 0 spiro atoms. The molecule has 1 aromatic heterocycles. The Morgan fingerprint density at radius 3 is 2.83 bits per heavy atom. The van der Waals surface area contributed by atoms with Crippen LogP contribution in [0, 0.1) is 5.82 Å². The lowest BCUT2D eigenvalue weighted by molar-refractivity contribution is 0.102. The van der Waals surface area contributed by atoms with Gasteiger partial charge >= 0.3 is 0 Å². The van der Waals surface area contributed by atoms with E-state index in [0.717, 1.165) is 0 Å². The number of rotatable bonds is 2. The van der Waals surface area contributed by atoms with Crippen LogP contribution < -0.4 is 5.32 Å². The van der Waals surface area contributed by atoms with Crippen molar-refractivity contribution >= 4 is 39.1 Å². The van der Waals surface area contributed by atoms with E-state index in [2.05, 4.69) is 26.2 Å². The van der Waals surface area contributed by atoms with Crippen molar-refractivity contribution in [3.63, 3.8) is 0 Å². The maximum atomic E-state index is 13.5. The second-order valence-corrected chi connectivity index (χ2v) is 4.67. The quantitative estimate of drug-likeness (QED) is 0.908. The highest BCUT2D eigenvalue weighted by atomic mass is 79.9. The first kappa shape index (κ1) is 13.0. The van der Waals surface area contributed by atoms with Crippen LogP contribution in [0.1, 0.15) is 10.4 Å². The minimum absolute atomic E-state index is 0.0673. The van der Waals surface area contributed by atoms with Gasteiger partial charge in [0.1, 0.15) is 5.82 Å². The van der Waals surface area contributed by atoms with Gasteiger partial charge in [0.2, 0.25) is 0 Å². The van der Waals surface area contributed by atoms with Gasteiger partial charge in [0, 0.05) is 12.4 Å². The molecule has 0 saturated carbocycles. The first-order chi connectivity index (χ1) is 8.59. The van der Waals surface area contributed by atoms with Crippen molar-refractivity contribution < 1.29 is 9.18 Å². The summed E-state index contributed by atoms with van der Waals surface area (Å²) >= 11 is 9.04. The monoisotopic (exact) mass is 328 g/mol. The topological polar surface area (TPSA) is 42.0 Å². The van der Waals surface area contributed by atoms with E-state index in [1.54, 1.807) is 6.07 Å². The molecular formula is C12H7BrClFN2O. The second kappa shape index (κ2) is 5.46. The molecule has 6 heteroatoms. The number of anilines is 1. The summed E-state index contributed by atoms with van der Waals surface area (Å²) in [6, 6.07) is 5.68. The number of hydrogen-bond acceptors (Lipinski definition) is 2. The average molecular weight is 330 g/mol. The maximum Gasteiger partial charge on any atom is 0.260 e. The molecule has 0 aliphatic rings. The van der Waals surface area contributed by atoms with Gasteiger partial charge in [-0.2, -0.15) is 0 Å². The number of aromatic nitrogens is 1. The Morgan fingerprint density at radius 2 is 2.17 bits per heavy atom. The van der Waals surface area contributed by atoms with Crippen LogP contribution in [0.4, 0.5) is 10.1 Å². The van der Waals surface area contributed by atoms with Crippen LogP contribution >= 0.6 is 27.5 Å². The lowest BCUT2D eigenvalue weighted by atomic mass is 10.2. The summed E-state index contributed by atoms with van der Waals surface area (Å²) < 4.78 is 14.1. The van der Waals surface area contributed by atoms with Crippen LogP contribution in [0.15, 0.2) is 41.1 Å². The average Bonchev–Trinajstić information content (AvgIpc) is 2.32. The number of carbonyl (C=O) groups excluding carboxylic acids is 1. The maximum absolute atomic E-state index is 13.5. The molecule has 0 bridgehead atoms. The molecule has 1 amide bonds. The fourth-order valence-electron chi connectivity index (χ4n) is 1.38. The zero-order valence-corrected chi connectivity index (χ0v) is 11.3. The minimum Gasteiger partial charge on any atom is -0.321 e. The fourth-order valence-corrected chi connectivity index (χ4v) is 1.97. The van der Waals surface area contributed by atoms with Crippen LogP contribution in [-0.4, -0.2) is 10.9 Å². The Bertz CT molecular complexity index is 586. The Balaban J connectivity index is 2.31. The van der Waals surface area contributed by atoms with Gasteiger partial charge in [-0.15, -0.1) is 0 Å². The third-order valence-electron chi connectivity index (χ3n) is 2.21. The molecule has 0 aliphatic heterocycles. The predicted octanol–water partition coefficient (Wildman–Crippen LogP) is 3.89. The molecule has 0 fully saturated rings. The third kappa shape index (κ3) is 2.68. The number of nitrogens with zero attached hydrogens (tertiary/aromatic N) is 1. The lowest BCUT2D eigenvalue weighted by Crippen LogP contribution is -2.14. The third-order valence-corrected chi connectivity index (χ3v) is 3.16. The van der Waals surface area contributed by atoms with Crippen molar-refractivity contribution in [3.8, 4) is 0 Å². The van der Waals surface area contributed by atoms with Crippen molar-refractivity contribution in [2.45, 2.75) is 0 Å². The van der Waals surface area contributed by atoms with Gasteiger partial charge in [0.15, 0.2) is 0 Å². The standard InChI is InChI=1S/C12H7BrClFN2O/c13-7-6-16-5-4-10(7)17-12(18)11-8(14)2-1-3-9(11)15/h1-6H,(H,16,17,18). The molecule has 3 nitrogen and oxygen atoms in total. The van der Waals surface area contributed by atoms with Crippen LogP contribution in [0.5, 0.6) is 0 Å². The summed E-state index contributed by atoms with van der Waals surface area (Å²) in [6.07, 6.45) is 3.04. The Labute approximate surface area is 116 Å². The zero-order valence-electron chi connectivity index (χ0n) is 8.95. The van der Waals surface area contributed by atoms with Gasteiger partial charge in [0.25, 0.3) is 5.91 Å². The lowest BCUT2D eigenvalue weighted by Gasteiger charge is -2.08. The normalized spacial score (nSPS) is 10.2. The van der Waals surface area contributed by atoms with Crippen LogP contribution in [0.25, 0.3) is 0 Å². The number of hydrogen-bond donors (Lipinski definition) is 1. The molecule has 0 radical (unpaired) electrons. The molecule has 2 rings (SSSR count). The molecule has 18 heavy (non-hydrogen) atoms. The molecule has 92 valence electrons. The molecule has 1 aromatic carbocycles. The van der Waals surface area contributed by atoms with Crippen molar-refractivity contribution in [1.82, 2.24) is 4.98 Å². The van der Waals surface area contributed by atoms with Gasteiger partial charge in [-0.3, -0.25) is 9.78 Å². The van der Waals surface area contributed by atoms with E-state index < -0.39 is 11.7 Å². The van der Waals surface area contributed by atoms with E-state index in [1.165, 1.54) is 30.6 Å². The molecule has 0 saturated heterocycles. The van der Waals surface area contributed by atoms with Crippen LogP contribution in [0.3, 0.4) is 0 Å². The number of pyridine rings is 1. The second-order valence-electron chi connectivity index (χ2n) is 3.41. The summed E-state index contributed by atoms with van der Waals surface area (Å²) in [5, 5.41) is 2.63. The highest BCUT2D eigenvalue weighted by Crippen LogP contribution is 2.24. The largest absolute Gasteiger partial charge is 0.321 e. The summed E-state index contributed by atoms with van der Waals surface area (Å²) in [4.78, 5) is 15.8. The summed E-state index contributed by atoms with van der Waals surface area (Å²) in [5.41, 5.74) is 0.317. The van der Waals surface area contributed by atoms with Gasteiger partial charge in [0.05, 0.1) is 20.7 Å². The van der Waals surface area contributed by atoms with Crippen molar-refractivity contribution in [2.24, 2.45) is 0 Å². The Hall–Kier alpha value is -1.46. The molecule has 1 heterocycles. The highest BCUT2D eigenvalue weighted by Gasteiger charge is 2.16. The first-order valence-electron chi connectivity index (χ1n) is 4.94. The summed E-state index contributed by atoms with van der Waals surface area (Å²) in [6.45, 7) is 0. The van der Waals surface area contributed by atoms with Crippen LogP contribution in [0.2, 0.25) is 5.02 Å². The van der Waals surface area contributed by atoms with E-state index in [0.29, 0.717) is 10.2 Å². The van der Waals surface area contributed by atoms with E-state index in [4.69, 9.17) is 11.6 Å². The van der Waals surface area contributed by atoms with Gasteiger partial charge in [-0.1, -0.05) is 17.7 Å². The molecule has 1 N–H and O–H groups in total. The molecule has 0 unspecified atom stereocenters. The van der Waals surface area contributed by atoms with E-state index >= 15 is 0 Å². The Morgan fingerprint density at radius 1 is 1.39 bits per heavy atom. The van der Waals surface area contributed by atoms with Crippen molar-refractivity contribution in [1.29, 1.82) is 0 Å². The zero-order chi connectivity index (χ0) is 13.1. The first-order valence-corrected chi connectivity index (χ1v) is 6.11. The van der Waals surface area contributed by atoms with Crippen molar-refractivity contribution in [2.75, 3.05) is 5.32 Å². The Kier molecular flexibility index (Phi) is 3.93. The number of amides is 1. The number of nitrogens with one attached hydrogen (secondary N) is 1. The van der Waals surface area contributed by atoms with E-state index in [1.807, 2.05) is 0 Å². The number of halogens is 3. The van der Waals surface area contributed by atoms with Gasteiger partial charge < -0.3 is 5.32 Å². The smallest absolute Gasteiger partial charge is 0.260 e. The van der Waals surface area contributed by atoms with Crippen LogP contribution in [-0.2, 0) is 0 Å². The number of carbonyl (C=O) groups is 1. The highest BCUT2D eigenvalue weighted by molar-refractivity contribution is 9.10. The predicted molar refractivity (Wildman–Crippen MR) is 71.3 cm³/mol. The minimum atomic E-state index is -0.662.